The summed E-state index contributed by atoms with van der Waals surface area (Å²) in [5.41, 5.74) is 2.73. The van der Waals surface area contributed by atoms with Crippen molar-refractivity contribution in [3.63, 3.8) is 0 Å². The maximum Gasteiger partial charge on any atom is 0.280 e. The van der Waals surface area contributed by atoms with Gasteiger partial charge in [-0.15, -0.1) is 0 Å². The molecule has 0 N–H and O–H groups in total. The third-order valence-corrected chi connectivity index (χ3v) is 4.41. The highest BCUT2D eigenvalue weighted by molar-refractivity contribution is 5.63. The van der Waals surface area contributed by atoms with E-state index in [2.05, 4.69) is 20.2 Å². The lowest BCUT2D eigenvalue weighted by Gasteiger charge is -2.18. The van der Waals surface area contributed by atoms with Gasteiger partial charge in [0, 0.05) is 49.7 Å². The van der Waals surface area contributed by atoms with Crippen LogP contribution >= 0.6 is 0 Å². The lowest BCUT2D eigenvalue weighted by atomic mass is 10.1. The smallest absolute Gasteiger partial charge is 0.280 e. The van der Waals surface area contributed by atoms with Crippen molar-refractivity contribution in [3.8, 4) is 11.3 Å². The maximum absolute atomic E-state index is 13.4. The largest absolute Gasteiger partial charge is 0.339 e. The summed E-state index contributed by atoms with van der Waals surface area (Å²) in [5.74, 6) is 0.246. The van der Waals surface area contributed by atoms with Crippen molar-refractivity contribution in [2.45, 2.75) is 46.8 Å². The Hall–Kier alpha value is -2.84. The van der Waals surface area contributed by atoms with Crippen LogP contribution < -0.4 is 4.90 Å². The molecule has 0 bridgehead atoms. The minimum atomic E-state index is -2.68. The molecule has 0 saturated carbocycles. The first-order chi connectivity index (χ1) is 12.9. The highest BCUT2D eigenvalue weighted by atomic mass is 19.3. The van der Waals surface area contributed by atoms with E-state index in [1.807, 2.05) is 36.3 Å². The van der Waals surface area contributed by atoms with Gasteiger partial charge >= 0.3 is 0 Å². The van der Waals surface area contributed by atoms with Crippen LogP contribution in [0.1, 0.15) is 37.2 Å². The van der Waals surface area contributed by atoms with Crippen LogP contribution in [-0.2, 0) is 19.6 Å². The van der Waals surface area contributed by atoms with E-state index in [0.29, 0.717) is 18.8 Å². The van der Waals surface area contributed by atoms with E-state index in [0.717, 1.165) is 23.4 Å². The minimum Gasteiger partial charge on any atom is -0.339 e. The van der Waals surface area contributed by atoms with Crippen LogP contribution in [0.3, 0.4) is 0 Å². The molecule has 3 aromatic rings. The van der Waals surface area contributed by atoms with Crippen LogP contribution in [0.25, 0.3) is 11.3 Å². The molecule has 3 rings (SSSR count). The zero-order chi connectivity index (χ0) is 19.6. The van der Waals surface area contributed by atoms with Crippen molar-refractivity contribution in [1.29, 1.82) is 0 Å². The van der Waals surface area contributed by atoms with E-state index in [9.17, 15) is 8.78 Å². The monoisotopic (exact) mass is 375 g/mol. The van der Waals surface area contributed by atoms with E-state index in [1.165, 1.54) is 6.07 Å². The maximum atomic E-state index is 13.4. The summed E-state index contributed by atoms with van der Waals surface area (Å²) in [6.45, 7) is 7.82. The van der Waals surface area contributed by atoms with Crippen molar-refractivity contribution < 1.29 is 8.78 Å². The molecule has 3 aromatic heterocycles. The lowest BCUT2D eigenvalue weighted by molar-refractivity contribution is 0.146. The first kappa shape index (κ1) is 18.9. The molecule has 0 saturated heterocycles. The number of aryl methyl sites for hydroxylation is 2. The van der Waals surface area contributed by atoms with Gasteiger partial charge in [-0.3, -0.25) is 9.36 Å². The van der Waals surface area contributed by atoms with Gasteiger partial charge in [-0.25, -0.2) is 18.7 Å². The van der Waals surface area contributed by atoms with Crippen molar-refractivity contribution in [3.05, 3.63) is 41.6 Å². The van der Waals surface area contributed by atoms with Gasteiger partial charge in [-0.1, -0.05) is 0 Å². The van der Waals surface area contributed by atoms with Gasteiger partial charge in [-0.2, -0.15) is 10.2 Å². The molecule has 0 atom stereocenters. The summed E-state index contributed by atoms with van der Waals surface area (Å²) < 4.78 is 30.4. The number of aromatic nitrogens is 6. The van der Waals surface area contributed by atoms with Gasteiger partial charge in [0.25, 0.3) is 6.43 Å². The highest BCUT2D eigenvalue weighted by Gasteiger charge is 2.19. The Balaban J connectivity index is 1.96. The zero-order valence-electron chi connectivity index (χ0n) is 15.9. The molecule has 0 spiro atoms. The normalized spacial score (nSPS) is 11.4. The lowest BCUT2D eigenvalue weighted by Crippen LogP contribution is -2.20. The summed E-state index contributed by atoms with van der Waals surface area (Å²) in [5, 5.41) is 8.52. The number of halogens is 2. The Kier molecular flexibility index (Phi) is 5.48. The SMILES string of the molecule is CCn1cc(CN(C)c2nc(-c3cnn(CC)c3C)cc(C(F)F)n2)cn1. The van der Waals surface area contributed by atoms with Crippen LogP contribution in [0.4, 0.5) is 14.7 Å². The average Bonchev–Trinajstić information content (AvgIpc) is 3.27. The molecule has 0 unspecified atom stereocenters. The van der Waals surface area contributed by atoms with Gasteiger partial charge in [-0.05, 0) is 26.8 Å². The Morgan fingerprint density at radius 1 is 1.11 bits per heavy atom. The third-order valence-electron chi connectivity index (χ3n) is 4.41. The molecular weight excluding hydrogens is 352 g/mol. The van der Waals surface area contributed by atoms with E-state index < -0.39 is 6.43 Å². The molecule has 0 amide bonds. The van der Waals surface area contributed by atoms with Crippen molar-refractivity contribution in [2.24, 2.45) is 0 Å². The molecule has 7 nitrogen and oxygen atoms in total. The Morgan fingerprint density at radius 2 is 1.89 bits per heavy atom. The number of anilines is 1. The second kappa shape index (κ2) is 7.81. The van der Waals surface area contributed by atoms with Crippen LogP contribution in [0.15, 0.2) is 24.7 Å². The molecule has 3 heterocycles. The van der Waals surface area contributed by atoms with Gasteiger partial charge in [0.05, 0.1) is 18.1 Å². The summed E-state index contributed by atoms with van der Waals surface area (Å²) in [7, 11) is 1.78. The third kappa shape index (κ3) is 3.96. The molecule has 0 aromatic carbocycles. The number of hydrogen-bond acceptors (Lipinski definition) is 5. The minimum absolute atomic E-state index is 0.246. The average molecular weight is 375 g/mol. The number of nitrogens with zero attached hydrogens (tertiary/aromatic N) is 7. The fourth-order valence-corrected chi connectivity index (χ4v) is 2.90. The summed E-state index contributed by atoms with van der Waals surface area (Å²) in [6.07, 6.45) is 2.66. The topological polar surface area (TPSA) is 64.7 Å². The van der Waals surface area contributed by atoms with Gasteiger partial charge in [0.1, 0.15) is 5.69 Å². The molecule has 0 aliphatic carbocycles. The molecule has 9 heteroatoms. The summed E-state index contributed by atoms with van der Waals surface area (Å²) in [4.78, 5) is 10.3. The first-order valence-corrected chi connectivity index (χ1v) is 8.85. The standard InChI is InChI=1S/C18H23F2N7/c1-5-26-11-13(8-21-26)10-25(4)18-23-15(7-16(24-18)17(19)20)14-9-22-27(6-2)12(14)3/h7-9,11,17H,5-6,10H2,1-4H3. The molecule has 0 aliphatic rings. The van der Waals surface area contributed by atoms with Crippen LogP contribution in [0.2, 0.25) is 0 Å². The van der Waals surface area contributed by atoms with E-state index >= 15 is 0 Å². The second-order valence-electron chi connectivity index (χ2n) is 6.30. The van der Waals surface area contributed by atoms with Crippen LogP contribution in [-0.4, -0.2) is 36.6 Å². The molecule has 27 heavy (non-hydrogen) atoms. The molecule has 0 fully saturated rings. The molecule has 0 aliphatic heterocycles. The van der Waals surface area contributed by atoms with E-state index in [4.69, 9.17) is 0 Å². The predicted octanol–water partition coefficient (Wildman–Crippen LogP) is 3.46. The Bertz CT molecular complexity index is 916. The molecular formula is C18H23F2N7. The summed E-state index contributed by atoms with van der Waals surface area (Å²) >= 11 is 0. The molecule has 0 radical (unpaired) electrons. The number of hydrogen-bond donors (Lipinski definition) is 0. The first-order valence-electron chi connectivity index (χ1n) is 8.85. The van der Waals surface area contributed by atoms with E-state index in [-0.39, 0.29) is 11.6 Å². The van der Waals surface area contributed by atoms with Crippen LogP contribution in [0, 0.1) is 6.92 Å². The fraction of sp³-hybridized carbons (Fsp3) is 0.444. The van der Waals surface area contributed by atoms with Gasteiger partial charge in [0.15, 0.2) is 0 Å². The number of rotatable bonds is 7. The Labute approximate surface area is 156 Å². The number of alkyl halides is 2. The predicted molar refractivity (Wildman–Crippen MR) is 98.6 cm³/mol. The van der Waals surface area contributed by atoms with E-state index in [1.54, 1.807) is 24.3 Å². The highest BCUT2D eigenvalue weighted by Crippen LogP contribution is 2.27. The van der Waals surface area contributed by atoms with Gasteiger partial charge in [0.2, 0.25) is 5.95 Å². The Morgan fingerprint density at radius 3 is 2.48 bits per heavy atom. The van der Waals surface area contributed by atoms with Crippen molar-refractivity contribution in [2.75, 3.05) is 11.9 Å². The fourth-order valence-electron chi connectivity index (χ4n) is 2.90. The van der Waals surface area contributed by atoms with Crippen molar-refractivity contribution in [1.82, 2.24) is 29.5 Å². The van der Waals surface area contributed by atoms with Gasteiger partial charge < -0.3 is 4.90 Å². The quantitative estimate of drug-likeness (QED) is 0.633. The zero-order valence-corrected chi connectivity index (χ0v) is 15.9. The second-order valence-corrected chi connectivity index (χ2v) is 6.30. The summed E-state index contributed by atoms with van der Waals surface area (Å²) in [6, 6.07) is 1.33. The van der Waals surface area contributed by atoms with Crippen LogP contribution in [0.5, 0.6) is 0 Å². The molecule has 144 valence electrons. The van der Waals surface area contributed by atoms with Crippen molar-refractivity contribution >= 4 is 5.95 Å².